The predicted molar refractivity (Wildman–Crippen MR) is 52.6 cm³/mol. The zero-order valence-electron chi connectivity index (χ0n) is 10.2. The minimum absolute atomic E-state index is 0. The van der Waals surface area contributed by atoms with Crippen LogP contribution < -0.4 is 61.6 Å². The molecule has 0 heterocycles. The van der Waals surface area contributed by atoms with Crippen molar-refractivity contribution in [3.8, 4) is 5.75 Å². The molecule has 2 nitrogen and oxygen atoms in total. The maximum atomic E-state index is 12.7. The maximum Gasteiger partial charge on any atom is 1.00 e. The summed E-state index contributed by atoms with van der Waals surface area (Å²) in [5.41, 5.74) is -1.37. The van der Waals surface area contributed by atoms with Crippen molar-refractivity contribution < 1.29 is 91.4 Å². The molecule has 20 heavy (non-hydrogen) atoms. The molecule has 0 aromatic heterocycles. The third kappa shape index (κ3) is 7.27. The molecule has 0 fully saturated rings. The Morgan fingerprint density at radius 2 is 1.70 bits per heavy atom. The minimum atomic E-state index is -5.55. The summed E-state index contributed by atoms with van der Waals surface area (Å²) in [6.07, 6.45) is -4.61. The summed E-state index contributed by atoms with van der Waals surface area (Å²) < 4.78 is 93.8. The molecule has 0 aliphatic carbocycles. The van der Waals surface area contributed by atoms with Crippen LogP contribution in [0.3, 0.4) is 0 Å². The van der Waals surface area contributed by atoms with E-state index in [4.69, 9.17) is 0 Å². The van der Waals surface area contributed by atoms with Gasteiger partial charge in [-0.1, -0.05) is 5.46 Å². The quantitative estimate of drug-likeness (QED) is 0.322. The minimum Gasteiger partial charge on any atom is -0.471 e. The number of alkyl halides is 3. The average Bonchev–Trinajstić information content (AvgIpc) is 2.23. The van der Waals surface area contributed by atoms with E-state index in [9.17, 15) is 30.5 Å². The van der Waals surface area contributed by atoms with E-state index in [0.29, 0.717) is 12.1 Å². The molecule has 0 atom stereocenters. The van der Waals surface area contributed by atoms with Gasteiger partial charge in [-0.3, -0.25) is 0 Å². The summed E-state index contributed by atoms with van der Waals surface area (Å²) in [5.74, 6) is -1.91. The van der Waals surface area contributed by atoms with E-state index in [-0.39, 0.29) is 57.5 Å². The van der Waals surface area contributed by atoms with E-state index in [1.54, 1.807) is 0 Å². The molecule has 108 valence electrons. The largest absolute Gasteiger partial charge is 1.00 e. The van der Waals surface area contributed by atoms with Crippen molar-refractivity contribution in [1.29, 1.82) is 0 Å². The molecule has 1 aromatic rings. The molecule has 11 heteroatoms. The molecule has 0 spiro atoms. The van der Waals surface area contributed by atoms with Crippen molar-refractivity contribution >= 4 is 12.4 Å². The van der Waals surface area contributed by atoms with Crippen LogP contribution in [0.5, 0.6) is 5.75 Å². The van der Waals surface area contributed by atoms with Crippen LogP contribution in [0.1, 0.15) is 0 Å². The van der Waals surface area contributed by atoms with Crippen LogP contribution in [-0.4, -0.2) is 26.6 Å². The zero-order valence-corrected chi connectivity index (χ0v) is 13.3. The first-order valence-electron chi connectivity index (χ1n) is 4.86. The Labute approximate surface area is 152 Å². The third-order valence-corrected chi connectivity index (χ3v) is 1.89. The molecule has 0 radical (unpaired) electrons. The number of rotatable bonds is 5. The van der Waals surface area contributed by atoms with Crippen molar-refractivity contribution in [2.24, 2.45) is 0 Å². The topological polar surface area (TPSA) is 18.5 Å². The molecule has 0 aliphatic heterocycles. The number of benzene rings is 1. The van der Waals surface area contributed by atoms with E-state index < -0.39 is 43.6 Å². The fourth-order valence-electron chi connectivity index (χ4n) is 1.17. The fraction of sp³-hybridized carbons (Fsp3) is 0.333. The summed E-state index contributed by atoms with van der Waals surface area (Å²) in [6.45, 7) is -8.22. The van der Waals surface area contributed by atoms with E-state index >= 15 is 0 Å². The van der Waals surface area contributed by atoms with Gasteiger partial charge < -0.3 is 22.4 Å². The molecular formula is C9H7BF7KO2. The SMILES string of the molecule is Fc1ccc(OCOCC(F)(F)F)c([B-](F)(F)F)c1.[K+]. The normalized spacial score (nSPS) is 11.9. The van der Waals surface area contributed by atoms with Gasteiger partial charge in [0.15, 0.2) is 6.79 Å². The average molecular weight is 330 g/mol. The Bertz CT molecular complexity index is 435. The Kier molecular flexibility index (Phi) is 8.07. The van der Waals surface area contributed by atoms with E-state index in [0.717, 1.165) is 0 Å². The van der Waals surface area contributed by atoms with E-state index in [1.165, 1.54) is 0 Å². The maximum absolute atomic E-state index is 12.7. The van der Waals surface area contributed by atoms with Crippen molar-refractivity contribution in [1.82, 2.24) is 0 Å². The van der Waals surface area contributed by atoms with Gasteiger partial charge in [-0.2, -0.15) is 13.2 Å². The first-order chi connectivity index (χ1) is 8.59. The molecule has 0 bridgehead atoms. The van der Waals surface area contributed by atoms with Crippen molar-refractivity contribution in [2.45, 2.75) is 6.18 Å². The van der Waals surface area contributed by atoms with Crippen LogP contribution in [0.15, 0.2) is 18.2 Å². The van der Waals surface area contributed by atoms with Gasteiger partial charge in [-0.05, 0) is 18.2 Å². The second-order valence-electron chi connectivity index (χ2n) is 3.48. The summed E-state index contributed by atoms with van der Waals surface area (Å²) in [6, 6.07) is 1.58. The molecule has 0 saturated carbocycles. The van der Waals surface area contributed by atoms with Crippen LogP contribution in [-0.2, 0) is 4.74 Å². The molecule has 0 unspecified atom stereocenters. The van der Waals surface area contributed by atoms with Gasteiger partial charge >= 0.3 is 64.5 Å². The number of hydrogen-bond acceptors (Lipinski definition) is 2. The smallest absolute Gasteiger partial charge is 0.471 e. The summed E-state index contributed by atoms with van der Waals surface area (Å²) in [7, 11) is 0. The van der Waals surface area contributed by atoms with E-state index in [1.807, 2.05) is 0 Å². The van der Waals surface area contributed by atoms with Gasteiger partial charge in [-0.25, -0.2) is 4.39 Å². The number of ether oxygens (including phenoxy) is 2. The molecule has 1 aromatic carbocycles. The molecule has 0 aliphatic rings. The van der Waals surface area contributed by atoms with Crippen LogP contribution in [0.2, 0.25) is 0 Å². The van der Waals surface area contributed by atoms with Crippen molar-refractivity contribution in [3.63, 3.8) is 0 Å². The van der Waals surface area contributed by atoms with Crippen LogP contribution in [0.25, 0.3) is 0 Å². The van der Waals surface area contributed by atoms with Crippen molar-refractivity contribution in [2.75, 3.05) is 13.4 Å². The summed E-state index contributed by atoms with van der Waals surface area (Å²) in [5, 5.41) is 0. The Hall–Kier alpha value is 0.191. The first kappa shape index (κ1) is 20.2. The van der Waals surface area contributed by atoms with Gasteiger partial charge in [0, 0.05) is 0 Å². The van der Waals surface area contributed by atoms with Crippen LogP contribution >= 0.6 is 0 Å². The Morgan fingerprint density at radius 1 is 1.10 bits per heavy atom. The molecule has 1 rings (SSSR count). The second-order valence-corrected chi connectivity index (χ2v) is 3.48. The fourth-order valence-corrected chi connectivity index (χ4v) is 1.17. The molecule has 0 saturated heterocycles. The zero-order chi connectivity index (χ0) is 14.7. The molecule has 0 N–H and O–H groups in total. The van der Waals surface area contributed by atoms with Crippen molar-refractivity contribution in [3.05, 3.63) is 24.0 Å². The predicted octanol–water partition coefficient (Wildman–Crippen LogP) is -0.201. The monoisotopic (exact) mass is 330 g/mol. The second kappa shape index (κ2) is 7.99. The Morgan fingerprint density at radius 3 is 2.20 bits per heavy atom. The summed E-state index contributed by atoms with van der Waals surface area (Å²) in [4.78, 5) is 0. The number of hydrogen-bond donors (Lipinski definition) is 0. The van der Waals surface area contributed by atoms with Crippen LogP contribution in [0, 0.1) is 5.82 Å². The summed E-state index contributed by atoms with van der Waals surface area (Å²) >= 11 is 0. The third-order valence-electron chi connectivity index (χ3n) is 1.89. The van der Waals surface area contributed by atoms with Gasteiger partial charge in [0.1, 0.15) is 12.4 Å². The standard InChI is InChI=1S/C9H7BF7O2.K/c11-6-1-2-8(7(3-6)10(15,16)17)19-5-18-4-9(12,13)14;/h1-3H,4-5H2;/q-1;+1. The van der Waals surface area contributed by atoms with Gasteiger partial charge in [0.05, 0.1) is 5.75 Å². The number of halogens is 7. The Balaban J connectivity index is 0.00000361. The van der Waals surface area contributed by atoms with E-state index in [2.05, 4.69) is 9.47 Å². The molecular weight excluding hydrogens is 323 g/mol. The van der Waals surface area contributed by atoms with Gasteiger partial charge in [0.25, 0.3) is 0 Å². The first-order valence-corrected chi connectivity index (χ1v) is 4.86. The van der Waals surface area contributed by atoms with Gasteiger partial charge in [0.2, 0.25) is 0 Å². The van der Waals surface area contributed by atoms with Gasteiger partial charge in [-0.15, -0.1) is 0 Å². The van der Waals surface area contributed by atoms with Crippen LogP contribution in [0.4, 0.5) is 30.5 Å². The molecule has 0 amide bonds.